The van der Waals surface area contributed by atoms with Gasteiger partial charge >= 0.3 is 0 Å². The summed E-state index contributed by atoms with van der Waals surface area (Å²) < 4.78 is 0. The molecule has 0 unspecified atom stereocenters. The van der Waals surface area contributed by atoms with Crippen LogP contribution in [0.1, 0.15) is 19.8 Å². The van der Waals surface area contributed by atoms with E-state index in [2.05, 4.69) is 24.9 Å². The average Bonchev–Trinajstić information content (AvgIpc) is 1.80. The van der Waals surface area contributed by atoms with Crippen LogP contribution >= 0.6 is 12.6 Å². The van der Waals surface area contributed by atoms with Crippen LogP contribution in [0.15, 0.2) is 0 Å². The highest BCUT2D eigenvalue weighted by atomic mass is 32.1. The molecule has 0 bridgehead atoms. The summed E-state index contributed by atoms with van der Waals surface area (Å²) in [6.07, 6.45) is 2.29. The lowest BCUT2D eigenvalue weighted by molar-refractivity contribution is -0.110. The highest BCUT2D eigenvalue weighted by molar-refractivity contribution is 7.96. The van der Waals surface area contributed by atoms with E-state index in [1.54, 1.807) is 0 Å². The van der Waals surface area contributed by atoms with Crippen molar-refractivity contribution in [3.05, 3.63) is 0 Å². The molecule has 0 aromatic carbocycles. The Morgan fingerprint density at radius 2 is 2.33 bits per heavy atom. The predicted octanol–water partition coefficient (Wildman–Crippen LogP) is 0.833. The topological polar surface area (TPSA) is 29.1 Å². The molecule has 0 saturated heterocycles. The quantitative estimate of drug-likeness (QED) is 0.445. The summed E-state index contributed by atoms with van der Waals surface area (Å²) in [5.74, 6) is 0. The summed E-state index contributed by atoms with van der Waals surface area (Å²) in [7, 11) is 0. The third kappa shape index (κ3) is 7.98. The largest absolute Gasteiger partial charge is 0.309 e. The van der Waals surface area contributed by atoms with E-state index in [1.807, 2.05) is 0 Å². The first-order chi connectivity index (χ1) is 4.27. The molecule has 0 radical (unpaired) electrons. The molecule has 0 fully saturated rings. The Bertz CT molecular complexity index is 85.1. The van der Waals surface area contributed by atoms with Crippen LogP contribution in [0.25, 0.3) is 0 Å². The van der Waals surface area contributed by atoms with E-state index in [9.17, 15) is 4.79 Å². The lowest BCUT2D eigenvalue weighted by atomic mass is 10.3. The molecular weight excluding hydrogens is 134 g/mol. The van der Waals surface area contributed by atoms with Crippen LogP contribution in [0.5, 0.6) is 0 Å². The minimum atomic E-state index is -0.0916. The fraction of sp³-hybridized carbons (Fsp3) is 0.833. The molecule has 0 atom stereocenters. The van der Waals surface area contributed by atoms with Crippen molar-refractivity contribution in [1.29, 1.82) is 0 Å². The van der Waals surface area contributed by atoms with Crippen LogP contribution in [0.3, 0.4) is 0 Å². The first-order valence-electron chi connectivity index (χ1n) is 3.20. The Morgan fingerprint density at radius 3 is 2.78 bits per heavy atom. The second kappa shape index (κ2) is 6.11. The molecule has 1 N–H and O–H groups in total. The Balaban J connectivity index is 2.83. The molecule has 0 aromatic rings. The van der Waals surface area contributed by atoms with Crippen molar-refractivity contribution in [2.45, 2.75) is 19.8 Å². The van der Waals surface area contributed by atoms with Crippen molar-refractivity contribution in [1.82, 2.24) is 5.32 Å². The zero-order valence-electron chi connectivity index (χ0n) is 5.68. The maximum absolute atomic E-state index is 10.2. The molecule has 0 aromatic heterocycles. The lowest BCUT2D eigenvalue weighted by Gasteiger charge is -1.97. The van der Waals surface area contributed by atoms with Gasteiger partial charge < -0.3 is 5.32 Å². The summed E-state index contributed by atoms with van der Waals surface area (Å²) in [5, 5.41) is 2.87. The van der Waals surface area contributed by atoms with Gasteiger partial charge in [-0.3, -0.25) is 4.79 Å². The van der Waals surface area contributed by atoms with E-state index in [4.69, 9.17) is 0 Å². The van der Waals surface area contributed by atoms with E-state index < -0.39 is 0 Å². The minimum Gasteiger partial charge on any atom is -0.309 e. The fourth-order valence-electron chi connectivity index (χ4n) is 0.497. The molecule has 0 saturated carbocycles. The van der Waals surface area contributed by atoms with Gasteiger partial charge in [-0.15, -0.1) is 12.6 Å². The van der Waals surface area contributed by atoms with Gasteiger partial charge in [-0.05, 0) is 13.0 Å². The van der Waals surface area contributed by atoms with Crippen LogP contribution in [0.2, 0.25) is 0 Å². The van der Waals surface area contributed by atoms with E-state index >= 15 is 0 Å². The van der Waals surface area contributed by atoms with Crippen LogP contribution in [0, 0.1) is 0 Å². The number of carbonyl (C=O) groups is 1. The lowest BCUT2D eigenvalue weighted by Crippen LogP contribution is -2.20. The number of carbonyl (C=O) groups excluding carboxylic acids is 1. The SMILES string of the molecule is CCCCNCC(=O)S. The zero-order valence-corrected chi connectivity index (χ0v) is 6.58. The number of thiol groups is 1. The van der Waals surface area contributed by atoms with E-state index in [0.29, 0.717) is 6.54 Å². The maximum atomic E-state index is 10.2. The van der Waals surface area contributed by atoms with Crippen molar-refractivity contribution < 1.29 is 4.79 Å². The minimum absolute atomic E-state index is 0.0916. The van der Waals surface area contributed by atoms with Gasteiger partial charge in [0, 0.05) is 0 Å². The third-order valence-corrected chi connectivity index (χ3v) is 1.14. The number of hydrogen-bond acceptors (Lipinski definition) is 2. The van der Waals surface area contributed by atoms with Gasteiger partial charge in [-0.25, -0.2) is 0 Å². The van der Waals surface area contributed by atoms with Gasteiger partial charge in [0.1, 0.15) is 0 Å². The summed E-state index contributed by atoms with van der Waals surface area (Å²) in [6.45, 7) is 3.43. The van der Waals surface area contributed by atoms with Crippen molar-refractivity contribution in [2.24, 2.45) is 0 Å². The summed E-state index contributed by atoms with van der Waals surface area (Å²) in [4.78, 5) is 10.2. The predicted molar refractivity (Wildman–Crippen MR) is 41.8 cm³/mol. The normalized spacial score (nSPS) is 9.56. The number of nitrogens with one attached hydrogen (secondary N) is 1. The van der Waals surface area contributed by atoms with Crippen molar-refractivity contribution in [3.63, 3.8) is 0 Å². The van der Waals surface area contributed by atoms with Gasteiger partial charge in [-0.2, -0.15) is 0 Å². The first kappa shape index (κ1) is 8.98. The Kier molecular flexibility index (Phi) is 6.09. The Morgan fingerprint density at radius 1 is 1.67 bits per heavy atom. The second-order valence-electron chi connectivity index (χ2n) is 1.92. The van der Waals surface area contributed by atoms with Crippen LogP contribution in [0.4, 0.5) is 0 Å². The van der Waals surface area contributed by atoms with E-state index in [0.717, 1.165) is 19.4 Å². The zero-order chi connectivity index (χ0) is 7.11. The summed E-state index contributed by atoms with van der Waals surface area (Å²) in [6, 6.07) is 0. The smallest absolute Gasteiger partial charge is 0.199 e. The molecule has 54 valence electrons. The van der Waals surface area contributed by atoms with Gasteiger partial charge in [0.15, 0.2) is 5.12 Å². The second-order valence-corrected chi connectivity index (χ2v) is 2.42. The number of hydrogen-bond donors (Lipinski definition) is 2. The molecular formula is C6H13NOS. The molecule has 0 aliphatic carbocycles. The molecule has 0 heterocycles. The first-order valence-corrected chi connectivity index (χ1v) is 3.64. The standard InChI is InChI=1S/C6H13NOS/c1-2-3-4-7-5-6(8)9/h7H,2-5H2,1H3,(H,8,9). The molecule has 0 rings (SSSR count). The van der Waals surface area contributed by atoms with E-state index in [1.165, 1.54) is 0 Å². The van der Waals surface area contributed by atoms with Crippen molar-refractivity contribution >= 4 is 17.7 Å². The Labute approximate surface area is 61.4 Å². The van der Waals surface area contributed by atoms with Gasteiger partial charge in [0.05, 0.1) is 6.54 Å². The van der Waals surface area contributed by atoms with Gasteiger partial charge in [-0.1, -0.05) is 13.3 Å². The van der Waals surface area contributed by atoms with Gasteiger partial charge in [0.2, 0.25) is 0 Å². The van der Waals surface area contributed by atoms with Gasteiger partial charge in [0.25, 0.3) is 0 Å². The molecule has 0 spiro atoms. The van der Waals surface area contributed by atoms with Crippen LogP contribution < -0.4 is 5.32 Å². The Hall–Kier alpha value is -0.0200. The fourth-order valence-corrected chi connectivity index (χ4v) is 0.609. The highest BCUT2D eigenvalue weighted by Crippen LogP contribution is 1.82. The maximum Gasteiger partial charge on any atom is 0.199 e. The van der Waals surface area contributed by atoms with E-state index in [-0.39, 0.29) is 5.12 Å². The molecule has 9 heavy (non-hydrogen) atoms. The molecule has 0 aliphatic rings. The molecule has 3 heteroatoms. The monoisotopic (exact) mass is 147 g/mol. The van der Waals surface area contributed by atoms with Crippen LogP contribution in [-0.2, 0) is 4.79 Å². The summed E-state index contributed by atoms with van der Waals surface area (Å²) in [5.41, 5.74) is 0. The highest BCUT2D eigenvalue weighted by Gasteiger charge is 1.89. The molecule has 0 aliphatic heterocycles. The van der Waals surface area contributed by atoms with Crippen molar-refractivity contribution in [2.75, 3.05) is 13.1 Å². The van der Waals surface area contributed by atoms with Crippen LogP contribution in [-0.4, -0.2) is 18.2 Å². The van der Waals surface area contributed by atoms with Crippen molar-refractivity contribution in [3.8, 4) is 0 Å². The number of rotatable bonds is 5. The summed E-state index contributed by atoms with van der Waals surface area (Å²) >= 11 is 3.60. The molecule has 2 nitrogen and oxygen atoms in total. The number of unbranched alkanes of at least 4 members (excludes halogenated alkanes) is 1. The average molecular weight is 147 g/mol. The third-order valence-electron chi connectivity index (χ3n) is 0.983. The molecule has 0 amide bonds.